The van der Waals surface area contributed by atoms with Crippen LogP contribution in [0.5, 0.6) is 0 Å². The zero-order chi connectivity index (χ0) is 108. The number of amides is 9. The molecule has 8 aliphatic carbocycles. The Kier molecular flexibility index (Phi) is 56.4. The van der Waals surface area contributed by atoms with Crippen LogP contribution in [0.1, 0.15) is 506 Å². The third-order valence-corrected chi connectivity index (χ3v) is 29.2. The number of carbonyl (C=O) groups excluding carboxylic acids is 7. The van der Waals surface area contributed by atoms with Gasteiger partial charge in [0.05, 0.1) is 5.56 Å². The fraction of sp³-hybridized carbons (Fsp3) is 0.860. The van der Waals surface area contributed by atoms with Gasteiger partial charge in [0.1, 0.15) is 11.2 Å². The number of pyridine rings is 2. The Morgan fingerprint density at radius 2 is 0.577 bits per heavy atom. The molecule has 8 aliphatic rings. The summed E-state index contributed by atoms with van der Waals surface area (Å²) in [7, 11) is 5.85. The van der Waals surface area contributed by atoms with Gasteiger partial charge in [-0.05, 0) is 427 Å². The van der Waals surface area contributed by atoms with Crippen molar-refractivity contribution in [3.8, 4) is 0 Å². The fourth-order valence-electron chi connectivity index (χ4n) is 23.1. The van der Waals surface area contributed by atoms with Gasteiger partial charge in [0.2, 0.25) is 5.91 Å². The Hall–Kier alpha value is -6.25. The van der Waals surface area contributed by atoms with Gasteiger partial charge >= 0.3 is 24.2 Å². The summed E-state index contributed by atoms with van der Waals surface area (Å²) in [6.07, 6.45) is 55.4. The maximum atomic E-state index is 12.1. The number of ether oxygens (including phenoxy) is 2. The molecule has 2 heterocycles. The zero-order valence-corrected chi connectivity index (χ0v) is 98.5. The van der Waals surface area contributed by atoms with Crippen LogP contribution in [0.4, 0.5) is 19.2 Å². The number of hydrogen-bond acceptors (Lipinski definition) is 12. The lowest BCUT2D eigenvalue weighted by atomic mass is 9.76. The van der Waals surface area contributed by atoms with Crippen molar-refractivity contribution in [1.29, 1.82) is 0 Å². The Morgan fingerprint density at radius 3 is 0.810 bits per heavy atom. The summed E-state index contributed by atoms with van der Waals surface area (Å²) in [5.74, 6) is 7.18. The molecule has 0 radical (unpaired) electrons. The first-order chi connectivity index (χ1) is 65.4. The van der Waals surface area contributed by atoms with E-state index in [1.54, 1.807) is 52.8 Å². The molecule has 8 saturated carbocycles. The first-order valence-corrected chi connectivity index (χ1v) is 56.8. The smallest absolute Gasteiger partial charge is 0.410 e. The van der Waals surface area contributed by atoms with E-state index in [1.165, 1.54) is 180 Å². The highest BCUT2D eigenvalue weighted by Crippen LogP contribution is 2.43. The Labute approximate surface area is 871 Å². The number of carbonyl (C=O) groups is 7. The van der Waals surface area contributed by atoms with E-state index >= 15 is 0 Å². The number of nitrogens with two attached hydrogens (primary N) is 1. The molecule has 0 saturated heterocycles. The molecule has 9 amide bonds. The number of aromatic nitrogens is 2. The van der Waals surface area contributed by atoms with Crippen LogP contribution in [-0.4, -0.2) is 149 Å². The van der Waals surface area contributed by atoms with Crippen molar-refractivity contribution in [1.82, 2.24) is 57.0 Å². The van der Waals surface area contributed by atoms with Gasteiger partial charge in [-0.1, -0.05) is 180 Å². The number of primary amides is 1. The minimum absolute atomic E-state index is 0.00762. The average molecular weight is 1990 g/mol. The summed E-state index contributed by atoms with van der Waals surface area (Å²) < 4.78 is 10.9. The van der Waals surface area contributed by atoms with Crippen LogP contribution < -0.4 is 43.0 Å². The molecule has 142 heavy (non-hydrogen) atoms. The maximum Gasteiger partial charge on any atom is 0.410 e. The number of urea groups is 2. The minimum atomic E-state index is -0.408. The number of nitrogens with one attached hydrogen (secondary N) is 7. The molecule has 2 aromatic heterocycles. The van der Waals surface area contributed by atoms with Gasteiger partial charge in [0.15, 0.2) is 0 Å². The molecule has 21 heteroatoms. The molecule has 0 atom stereocenters. The summed E-state index contributed by atoms with van der Waals surface area (Å²) in [6, 6.07) is 10.1. The third kappa shape index (κ3) is 63.4. The molecular formula is C121H224N12O9. The second-order valence-corrected chi connectivity index (χ2v) is 56.8. The van der Waals surface area contributed by atoms with E-state index in [1.807, 2.05) is 82.5 Å². The zero-order valence-electron chi connectivity index (χ0n) is 98.5. The van der Waals surface area contributed by atoms with Crippen LogP contribution in [0.2, 0.25) is 0 Å². The van der Waals surface area contributed by atoms with Gasteiger partial charge in [0, 0.05) is 105 Å². The number of hydrogen-bond donors (Lipinski definition) is 8. The lowest BCUT2D eigenvalue weighted by Crippen LogP contribution is -2.43. The van der Waals surface area contributed by atoms with Gasteiger partial charge in [-0.15, -0.1) is 0 Å². The van der Waals surface area contributed by atoms with Crippen molar-refractivity contribution in [2.75, 3.05) is 27.7 Å². The lowest BCUT2D eigenvalue weighted by molar-refractivity contribution is -0.125. The molecule has 0 bridgehead atoms. The standard InChI is InChI=1S/2C17H26N2O.2C17H33NO2.C15H29NO.C14H28N2O.C12H24N2O.C12H25N/c1-17(2,3)12-13-4-6-15(7-5-13)19-16(20)14-8-10-18-11-9-14;1-17(2,3)11-13-6-8-15(9-7-13)19-16(20)14-5-4-10-18-12-14;2*1-16(2,3)12-13-8-10-14(11-9-13)18(7)15(19)20-17(4,5)6;1-11(2)14(17)16-13-8-6-12(7-9-13)10-15(3,4)5;1-5-15-13(17)16-12-8-6-11(7-9-12)10-14(2,3)4;1-12(2,3)8-9-4-6-10(7-5-9)14-11(13)15;1-12(2,3)9-10-5-7-11(13-4)8-6-10/h8-11,13,15H,4-7,12H2,1-3H3,(H,19,20);4-5,10,12-13,15H,6-9,11H2,1-3H3,(H,19,20);2*13-14H,8-12H2,1-7H3;11-13H,6-10H2,1-5H3,(H,16,17);11-12H,5-10H2,1-4H3,(H2,15,16,17);9-10H,4-8H2,1-3H3,(H3,13,14,15);10-11,13H,5-9H2,1-4H3. The average Bonchev–Trinajstić information content (AvgIpc) is 0.854. The predicted molar refractivity (Wildman–Crippen MR) is 597 cm³/mol. The second kappa shape index (κ2) is 61.6. The molecule has 8 fully saturated rings. The van der Waals surface area contributed by atoms with Crippen molar-refractivity contribution in [3.63, 3.8) is 0 Å². The second-order valence-electron chi connectivity index (χ2n) is 56.8. The SMILES string of the molecule is CC(C)(C)CC1CCC(NC(=O)c2cccnc2)CC1.CC(C)(C)CC1CCC(NC(=O)c2ccncc2)CC1.CC(C)(C)CC1CCC(NC(N)=O)CC1.CC(C)C(=O)NC1CCC(CC(C)(C)C)CC1.CCNC(=O)NC1CCC(CC(C)(C)C)CC1.CN(C(=O)OC(C)(C)C)C1CCC(CC(C)(C)C)CC1.CN(C(=O)OC(C)(C)C)C1CCC(CC(C)(C)C)CC1.CNC1CCC(CC(C)(C)C)CC1. The van der Waals surface area contributed by atoms with Crippen LogP contribution >= 0.6 is 0 Å². The van der Waals surface area contributed by atoms with Gasteiger partial charge in [0.25, 0.3) is 11.8 Å². The molecule has 0 aromatic carbocycles. The first kappa shape index (κ1) is 130. The van der Waals surface area contributed by atoms with Crippen molar-refractivity contribution in [3.05, 3.63) is 60.2 Å². The highest BCUT2D eigenvalue weighted by molar-refractivity contribution is 5.94. The summed E-state index contributed by atoms with van der Waals surface area (Å²) >= 11 is 0. The molecule has 0 spiro atoms. The highest BCUT2D eigenvalue weighted by Gasteiger charge is 2.37. The van der Waals surface area contributed by atoms with Gasteiger partial charge < -0.3 is 62.2 Å². The third-order valence-electron chi connectivity index (χ3n) is 29.2. The van der Waals surface area contributed by atoms with Gasteiger partial charge in [-0.2, -0.15) is 0 Å². The van der Waals surface area contributed by atoms with Crippen LogP contribution in [0.3, 0.4) is 0 Å². The normalized spacial score (nSPS) is 25.3. The topological polar surface area (TPSA) is 280 Å². The molecule has 2 aromatic rings. The summed E-state index contributed by atoms with van der Waals surface area (Å²) in [5.41, 5.74) is 9.13. The Balaban J connectivity index is 0.000000419. The lowest BCUT2D eigenvalue weighted by Gasteiger charge is -2.37. The first-order valence-electron chi connectivity index (χ1n) is 56.8. The molecule has 9 N–H and O–H groups in total. The molecular weight excluding hydrogens is 1770 g/mol. The van der Waals surface area contributed by atoms with Crippen molar-refractivity contribution in [2.24, 2.45) is 102 Å². The largest absolute Gasteiger partial charge is 0.444 e. The van der Waals surface area contributed by atoms with E-state index in [4.69, 9.17) is 15.2 Å². The van der Waals surface area contributed by atoms with Crippen LogP contribution in [0.15, 0.2) is 49.1 Å². The summed E-state index contributed by atoms with van der Waals surface area (Å²) in [6.45, 7) is 73.6. The van der Waals surface area contributed by atoms with Gasteiger partial charge in [-0.25, -0.2) is 19.2 Å². The predicted octanol–water partition coefficient (Wildman–Crippen LogP) is 30.2. The molecule has 0 aliphatic heterocycles. The molecule has 21 nitrogen and oxygen atoms in total. The van der Waals surface area contributed by atoms with Gasteiger partial charge in [-0.3, -0.25) is 24.4 Å². The Bertz CT molecular complexity index is 3630. The van der Waals surface area contributed by atoms with Crippen molar-refractivity contribution >= 4 is 42.0 Å². The fourth-order valence-corrected chi connectivity index (χ4v) is 23.1. The number of rotatable bonds is 20. The maximum absolute atomic E-state index is 12.1. The van der Waals surface area contributed by atoms with Crippen molar-refractivity contribution in [2.45, 2.75) is 545 Å². The molecule has 0 unspecified atom stereocenters. The van der Waals surface area contributed by atoms with Crippen LogP contribution in [0, 0.1) is 96.6 Å². The molecule has 10 rings (SSSR count). The van der Waals surface area contributed by atoms with E-state index in [-0.39, 0.29) is 47.9 Å². The minimum Gasteiger partial charge on any atom is -0.444 e. The van der Waals surface area contributed by atoms with E-state index in [0.29, 0.717) is 103 Å². The van der Waals surface area contributed by atoms with E-state index in [9.17, 15) is 33.6 Å². The Morgan fingerprint density at radius 1 is 0.331 bits per heavy atom. The number of nitrogens with zero attached hydrogens (tertiary/aromatic N) is 4. The van der Waals surface area contributed by atoms with E-state index in [0.717, 1.165) is 130 Å². The monoisotopic (exact) mass is 1990 g/mol. The highest BCUT2D eigenvalue weighted by atomic mass is 16.6. The summed E-state index contributed by atoms with van der Waals surface area (Å²) in [4.78, 5) is 93.5. The quantitative estimate of drug-likeness (QED) is 0.0614. The summed E-state index contributed by atoms with van der Waals surface area (Å²) in [5, 5.41) is 21.5. The van der Waals surface area contributed by atoms with Crippen LogP contribution in [-0.2, 0) is 14.3 Å². The molecule has 822 valence electrons. The van der Waals surface area contributed by atoms with E-state index in [2.05, 4.69) is 220 Å². The van der Waals surface area contributed by atoms with E-state index < -0.39 is 11.2 Å². The van der Waals surface area contributed by atoms with Crippen molar-refractivity contribution < 1.29 is 43.0 Å². The van der Waals surface area contributed by atoms with Crippen LogP contribution in [0.25, 0.3) is 0 Å².